The minimum Gasteiger partial charge on any atom is -0.396 e. The van der Waals surface area contributed by atoms with Crippen LogP contribution in [0.25, 0.3) is 0 Å². The van der Waals surface area contributed by atoms with Gasteiger partial charge < -0.3 is 15.3 Å². The smallest absolute Gasteiger partial charge is 0.273 e. The average Bonchev–Trinajstić information content (AvgIpc) is 2.95. The second kappa shape index (κ2) is 5.88. The number of nitrogens with zero attached hydrogens (tertiary/aromatic N) is 2. The quantitative estimate of drug-likeness (QED) is 0.884. The molecule has 1 aromatic heterocycles. The van der Waals surface area contributed by atoms with Crippen LogP contribution in [0.15, 0.2) is 5.38 Å². The molecule has 5 nitrogen and oxygen atoms in total. The van der Waals surface area contributed by atoms with Crippen molar-refractivity contribution in [2.45, 2.75) is 26.2 Å². The number of hydrogen-bond donors (Lipinski definition) is 2. The number of nitrogens with one attached hydrogen (secondary N) is 1. The summed E-state index contributed by atoms with van der Waals surface area (Å²) >= 11 is 1.44. The lowest BCUT2D eigenvalue weighted by molar-refractivity contribution is 0.0335. The fraction of sp³-hybridized carbons (Fsp3) is 0.692. The molecule has 2 rings (SSSR count). The maximum Gasteiger partial charge on any atom is 0.273 e. The Balaban J connectivity index is 1.99. The van der Waals surface area contributed by atoms with Crippen molar-refractivity contribution >= 4 is 22.4 Å². The maximum atomic E-state index is 12.3. The standard InChI is InChI=1S/C13H21N3O2S/c1-3-13(9-17)4-6-16(7-5-13)11(18)10-8-19-12(14-2)15-10/h8,17H,3-7,9H2,1-2H3,(H,14,15). The van der Waals surface area contributed by atoms with Crippen LogP contribution in [0.3, 0.4) is 0 Å². The highest BCUT2D eigenvalue weighted by molar-refractivity contribution is 7.13. The third-order valence-electron chi connectivity index (χ3n) is 4.13. The first-order valence-electron chi connectivity index (χ1n) is 6.67. The SMILES string of the molecule is CCC1(CO)CCN(C(=O)c2csc(NC)n2)CC1. The summed E-state index contributed by atoms with van der Waals surface area (Å²) in [5, 5.41) is 15.0. The van der Waals surface area contributed by atoms with Crippen molar-refractivity contribution in [1.82, 2.24) is 9.88 Å². The Bertz CT molecular complexity index is 433. The van der Waals surface area contributed by atoms with Gasteiger partial charge in [0.15, 0.2) is 5.13 Å². The van der Waals surface area contributed by atoms with Gasteiger partial charge in [-0.2, -0.15) is 0 Å². The molecule has 0 radical (unpaired) electrons. The van der Waals surface area contributed by atoms with Gasteiger partial charge in [-0.25, -0.2) is 4.98 Å². The van der Waals surface area contributed by atoms with Crippen LogP contribution in [-0.2, 0) is 0 Å². The number of likely N-dealkylation sites (tertiary alicyclic amines) is 1. The molecule has 19 heavy (non-hydrogen) atoms. The molecule has 2 N–H and O–H groups in total. The van der Waals surface area contributed by atoms with Crippen LogP contribution in [0.5, 0.6) is 0 Å². The number of thiazole rings is 1. The van der Waals surface area contributed by atoms with Crippen molar-refractivity contribution in [3.05, 3.63) is 11.1 Å². The van der Waals surface area contributed by atoms with Gasteiger partial charge in [0.05, 0.1) is 0 Å². The highest BCUT2D eigenvalue weighted by atomic mass is 32.1. The molecule has 1 aliphatic rings. The fourth-order valence-corrected chi connectivity index (χ4v) is 3.10. The van der Waals surface area contributed by atoms with E-state index in [0.717, 1.165) is 24.4 Å². The van der Waals surface area contributed by atoms with Crippen molar-refractivity contribution in [2.24, 2.45) is 5.41 Å². The number of aliphatic hydroxyl groups excluding tert-OH is 1. The Morgan fingerprint density at radius 1 is 1.58 bits per heavy atom. The molecule has 1 aliphatic heterocycles. The van der Waals surface area contributed by atoms with Gasteiger partial charge in [0.1, 0.15) is 5.69 Å². The van der Waals surface area contributed by atoms with Crippen molar-refractivity contribution in [2.75, 3.05) is 32.1 Å². The zero-order valence-corrected chi connectivity index (χ0v) is 12.3. The van der Waals surface area contributed by atoms with Crippen LogP contribution >= 0.6 is 11.3 Å². The lowest BCUT2D eigenvalue weighted by Crippen LogP contribution is -2.44. The van der Waals surface area contributed by atoms with Crippen molar-refractivity contribution in [3.8, 4) is 0 Å². The molecule has 1 amide bonds. The third kappa shape index (κ3) is 2.90. The van der Waals surface area contributed by atoms with Crippen LogP contribution < -0.4 is 5.32 Å². The molecule has 0 bridgehead atoms. The van der Waals surface area contributed by atoms with Gasteiger partial charge >= 0.3 is 0 Å². The molecular weight excluding hydrogens is 262 g/mol. The fourth-order valence-electron chi connectivity index (χ4n) is 2.46. The molecule has 1 fully saturated rings. The van der Waals surface area contributed by atoms with E-state index in [1.807, 2.05) is 4.90 Å². The maximum absolute atomic E-state index is 12.3. The molecule has 0 atom stereocenters. The van der Waals surface area contributed by atoms with E-state index in [0.29, 0.717) is 18.8 Å². The summed E-state index contributed by atoms with van der Waals surface area (Å²) in [6.07, 6.45) is 2.70. The molecule has 0 aliphatic carbocycles. The number of piperidine rings is 1. The van der Waals surface area contributed by atoms with Crippen molar-refractivity contribution < 1.29 is 9.90 Å². The van der Waals surface area contributed by atoms with Gasteiger partial charge in [0, 0.05) is 32.1 Å². The molecule has 1 saturated heterocycles. The van der Waals surface area contributed by atoms with E-state index in [1.165, 1.54) is 11.3 Å². The topological polar surface area (TPSA) is 65.5 Å². The van der Waals surface area contributed by atoms with E-state index < -0.39 is 0 Å². The number of anilines is 1. The van der Waals surface area contributed by atoms with E-state index in [4.69, 9.17) is 0 Å². The van der Waals surface area contributed by atoms with Gasteiger partial charge in [0.2, 0.25) is 0 Å². The first-order chi connectivity index (χ1) is 9.14. The Hall–Kier alpha value is -1.14. The number of aromatic nitrogens is 1. The van der Waals surface area contributed by atoms with Gasteiger partial charge in [0.25, 0.3) is 5.91 Å². The molecular formula is C13H21N3O2S. The van der Waals surface area contributed by atoms with Gasteiger partial charge in [-0.05, 0) is 24.7 Å². The van der Waals surface area contributed by atoms with Crippen LogP contribution in [-0.4, -0.2) is 47.6 Å². The second-order valence-corrected chi connectivity index (χ2v) is 5.95. The molecule has 106 valence electrons. The highest BCUT2D eigenvalue weighted by Crippen LogP contribution is 2.34. The highest BCUT2D eigenvalue weighted by Gasteiger charge is 2.34. The van der Waals surface area contributed by atoms with Crippen LogP contribution in [0.2, 0.25) is 0 Å². The predicted octanol–water partition coefficient (Wildman–Crippen LogP) is 1.81. The summed E-state index contributed by atoms with van der Waals surface area (Å²) in [4.78, 5) is 18.4. The Kier molecular flexibility index (Phi) is 4.42. The van der Waals surface area contributed by atoms with E-state index in [-0.39, 0.29) is 17.9 Å². The molecule has 0 saturated carbocycles. The van der Waals surface area contributed by atoms with E-state index in [9.17, 15) is 9.90 Å². The minimum atomic E-state index is 0.000364. The molecule has 6 heteroatoms. The van der Waals surface area contributed by atoms with Gasteiger partial charge in [-0.15, -0.1) is 11.3 Å². The number of carbonyl (C=O) groups is 1. The number of rotatable bonds is 4. The molecule has 0 unspecified atom stereocenters. The summed E-state index contributed by atoms with van der Waals surface area (Å²) in [6, 6.07) is 0. The number of hydrogen-bond acceptors (Lipinski definition) is 5. The molecule has 0 spiro atoms. The van der Waals surface area contributed by atoms with Crippen LogP contribution in [0, 0.1) is 5.41 Å². The second-order valence-electron chi connectivity index (χ2n) is 5.09. The minimum absolute atomic E-state index is 0.000364. The van der Waals surface area contributed by atoms with Crippen molar-refractivity contribution in [1.29, 1.82) is 0 Å². The number of amides is 1. The first-order valence-corrected chi connectivity index (χ1v) is 7.55. The summed E-state index contributed by atoms with van der Waals surface area (Å²) in [7, 11) is 1.80. The Labute approximate surface area is 117 Å². The summed E-state index contributed by atoms with van der Waals surface area (Å²) in [5.74, 6) is 0.000364. The summed E-state index contributed by atoms with van der Waals surface area (Å²) < 4.78 is 0. The van der Waals surface area contributed by atoms with Gasteiger partial charge in [-0.3, -0.25) is 4.79 Å². The monoisotopic (exact) mass is 283 g/mol. The molecule has 0 aromatic carbocycles. The van der Waals surface area contributed by atoms with Gasteiger partial charge in [-0.1, -0.05) is 6.92 Å². The van der Waals surface area contributed by atoms with Crippen LogP contribution in [0.4, 0.5) is 5.13 Å². The number of carbonyl (C=O) groups excluding carboxylic acids is 1. The normalized spacial score (nSPS) is 18.4. The Morgan fingerprint density at radius 3 is 2.74 bits per heavy atom. The average molecular weight is 283 g/mol. The van der Waals surface area contributed by atoms with E-state index >= 15 is 0 Å². The lowest BCUT2D eigenvalue weighted by Gasteiger charge is -2.40. The zero-order valence-electron chi connectivity index (χ0n) is 11.5. The van der Waals surface area contributed by atoms with E-state index in [2.05, 4.69) is 17.2 Å². The Morgan fingerprint density at radius 2 is 2.26 bits per heavy atom. The largest absolute Gasteiger partial charge is 0.396 e. The zero-order chi connectivity index (χ0) is 13.9. The van der Waals surface area contributed by atoms with E-state index in [1.54, 1.807) is 12.4 Å². The predicted molar refractivity (Wildman–Crippen MR) is 76.6 cm³/mol. The summed E-state index contributed by atoms with van der Waals surface area (Å²) in [6.45, 7) is 3.73. The molecule has 2 heterocycles. The number of aliphatic hydroxyl groups is 1. The molecule has 1 aromatic rings. The first kappa shape index (κ1) is 14.3. The third-order valence-corrected chi connectivity index (χ3v) is 4.99. The summed E-state index contributed by atoms with van der Waals surface area (Å²) in [5.41, 5.74) is 0.525. The van der Waals surface area contributed by atoms with Crippen molar-refractivity contribution in [3.63, 3.8) is 0 Å². The lowest BCUT2D eigenvalue weighted by atomic mass is 9.77. The van der Waals surface area contributed by atoms with Crippen LogP contribution in [0.1, 0.15) is 36.7 Å².